The second-order valence-corrected chi connectivity index (χ2v) is 5.78. The molecule has 0 spiro atoms. The fraction of sp³-hybridized carbons (Fsp3) is 0.222. The second kappa shape index (κ2) is 7.23. The molecule has 0 saturated carbocycles. The van der Waals surface area contributed by atoms with Crippen LogP contribution in [0.3, 0.4) is 0 Å². The van der Waals surface area contributed by atoms with Gasteiger partial charge in [-0.2, -0.15) is 5.10 Å². The summed E-state index contributed by atoms with van der Waals surface area (Å²) in [6.45, 7) is 5.87. The van der Waals surface area contributed by atoms with Crippen molar-refractivity contribution in [3.8, 4) is 0 Å². The summed E-state index contributed by atoms with van der Waals surface area (Å²) >= 11 is 5.85. The molecule has 0 aromatic heterocycles. The molecule has 0 aliphatic rings. The predicted octanol–water partition coefficient (Wildman–Crippen LogP) is 4.04. The number of carbonyl (C=O) groups excluding carboxylic acids is 1. The SMILES string of the molecule is C/C(=N/NC(=O)Cc1cc(C)ccc1C)c1ccc(Cl)cc1. The molecule has 0 fully saturated rings. The first-order chi connectivity index (χ1) is 10.5. The Bertz CT molecular complexity index is 706. The minimum atomic E-state index is -0.123. The lowest BCUT2D eigenvalue weighted by Crippen LogP contribution is -2.21. The number of carbonyl (C=O) groups is 1. The number of hydrogen-bond donors (Lipinski definition) is 1. The minimum Gasteiger partial charge on any atom is -0.273 e. The van der Waals surface area contributed by atoms with Gasteiger partial charge in [-0.05, 0) is 49.6 Å². The van der Waals surface area contributed by atoms with Crippen LogP contribution in [0, 0.1) is 13.8 Å². The van der Waals surface area contributed by atoms with Gasteiger partial charge in [-0.1, -0.05) is 47.5 Å². The van der Waals surface area contributed by atoms with Crippen molar-refractivity contribution in [1.82, 2.24) is 5.43 Å². The topological polar surface area (TPSA) is 41.5 Å². The van der Waals surface area contributed by atoms with E-state index in [1.807, 2.05) is 51.1 Å². The highest BCUT2D eigenvalue weighted by Crippen LogP contribution is 2.12. The normalized spacial score (nSPS) is 11.4. The van der Waals surface area contributed by atoms with Crippen molar-refractivity contribution in [1.29, 1.82) is 0 Å². The number of nitrogens with zero attached hydrogens (tertiary/aromatic N) is 1. The molecule has 0 atom stereocenters. The lowest BCUT2D eigenvalue weighted by Gasteiger charge is -2.07. The second-order valence-electron chi connectivity index (χ2n) is 5.35. The number of hydrogen-bond acceptors (Lipinski definition) is 2. The van der Waals surface area contributed by atoms with Crippen molar-refractivity contribution < 1.29 is 4.79 Å². The zero-order valence-corrected chi connectivity index (χ0v) is 13.7. The van der Waals surface area contributed by atoms with E-state index in [9.17, 15) is 4.79 Å². The Labute approximate surface area is 136 Å². The van der Waals surface area contributed by atoms with Crippen molar-refractivity contribution in [3.63, 3.8) is 0 Å². The number of hydrazone groups is 1. The van der Waals surface area contributed by atoms with E-state index in [-0.39, 0.29) is 5.91 Å². The first-order valence-corrected chi connectivity index (χ1v) is 7.48. The molecule has 22 heavy (non-hydrogen) atoms. The number of aryl methyl sites for hydroxylation is 2. The molecular weight excluding hydrogens is 296 g/mol. The predicted molar refractivity (Wildman–Crippen MR) is 91.4 cm³/mol. The molecule has 0 bridgehead atoms. The summed E-state index contributed by atoms with van der Waals surface area (Å²) < 4.78 is 0. The van der Waals surface area contributed by atoms with Crippen LogP contribution in [0.2, 0.25) is 5.02 Å². The highest BCUT2D eigenvalue weighted by atomic mass is 35.5. The molecule has 0 aliphatic carbocycles. The van der Waals surface area contributed by atoms with Crippen LogP contribution in [-0.2, 0) is 11.2 Å². The Kier molecular flexibility index (Phi) is 5.34. The molecule has 2 rings (SSSR count). The molecule has 114 valence electrons. The van der Waals surface area contributed by atoms with Gasteiger partial charge in [0.1, 0.15) is 0 Å². The first-order valence-electron chi connectivity index (χ1n) is 7.11. The van der Waals surface area contributed by atoms with Gasteiger partial charge in [0.05, 0.1) is 12.1 Å². The van der Waals surface area contributed by atoms with Crippen molar-refractivity contribution in [3.05, 3.63) is 69.7 Å². The molecule has 3 nitrogen and oxygen atoms in total. The van der Waals surface area contributed by atoms with Crippen LogP contribution in [0.5, 0.6) is 0 Å². The number of benzene rings is 2. The molecule has 0 unspecified atom stereocenters. The van der Waals surface area contributed by atoms with Crippen LogP contribution in [0.15, 0.2) is 47.6 Å². The summed E-state index contributed by atoms with van der Waals surface area (Å²) in [5, 5.41) is 4.82. The van der Waals surface area contributed by atoms with Crippen molar-refractivity contribution >= 4 is 23.2 Å². The average Bonchev–Trinajstić information content (AvgIpc) is 2.49. The van der Waals surface area contributed by atoms with Gasteiger partial charge in [0.2, 0.25) is 5.91 Å². The zero-order chi connectivity index (χ0) is 16.1. The lowest BCUT2D eigenvalue weighted by atomic mass is 10.0. The highest BCUT2D eigenvalue weighted by Gasteiger charge is 2.06. The third-order valence-corrected chi connectivity index (χ3v) is 3.72. The van der Waals surface area contributed by atoms with Gasteiger partial charge in [-0.15, -0.1) is 0 Å². The summed E-state index contributed by atoms with van der Waals surface area (Å²) in [6.07, 6.45) is 0.324. The van der Waals surface area contributed by atoms with Gasteiger partial charge >= 0.3 is 0 Å². The smallest absolute Gasteiger partial charge is 0.244 e. The van der Waals surface area contributed by atoms with Crippen LogP contribution in [0.25, 0.3) is 0 Å². The molecular formula is C18H19ClN2O. The van der Waals surface area contributed by atoms with Crippen molar-refractivity contribution in [2.45, 2.75) is 27.2 Å². The monoisotopic (exact) mass is 314 g/mol. The lowest BCUT2D eigenvalue weighted by molar-refractivity contribution is -0.120. The van der Waals surface area contributed by atoms with E-state index in [1.165, 1.54) is 0 Å². The summed E-state index contributed by atoms with van der Waals surface area (Å²) in [7, 11) is 0. The molecule has 2 aromatic carbocycles. The molecule has 1 N–H and O–H groups in total. The maximum atomic E-state index is 12.0. The highest BCUT2D eigenvalue weighted by molar-refractivity contribution is 6.30. The summed E-state index contributed by atoms with van der Waals surface area (Å²) in [5.41, 5.74) is 7.56. The molecule has 4 heteroatoms. The van der Waals surface area contributed by atoms with E-state index >= 15 is 0 Å². The van der Waals surface area contributed by atoms with Gasteiger partial charge in [0.25, 0.3) is 0 Å². The first kappa shape index (κ1) is 16.2. The summed E-state index contributed by atoms with van der Waals surface area (Å²) in [4.78, 5) is 12.0. The maximum absolute atomic E-state index is 12.0. The van der Waals surface area contributed by atoms with E-state index in [0.29, 0.717) is 11.4 Å². The van der Waals surface area contributed by atoms with E-state index < -0.39 is 0 Å². The van der Waals surface area contributed by atoms with Crippen LogP contribution in [0.1, 0.15) is 29.2 Å². The largest absolute Gasteiger partial charge is 0.273 e. The quantitative estimate of drug-likeness (QED) is 0.671. The molecule has 1 amide bonds. The number of halogens is 1. The number of amides is 1. The van der Waals surface area contributed by atoms with Gasteiger partial charge in [-0.3, -0.25) is 4.79 Å². The summed E-state index contributed by atoms with van der Waals surface area (Å²) in [6, 6.07) is 13.4. The fourth-order valence-electron chi connectivity index (χ4n) is 2.11. The standard InChI is InChI=1S/C18H19ClN2O/c1-12-4-5-13(2)16(10-12)11-18(22)21-20-14(3)15-6-8-17(19)9-7-15/h4-10H,11H2,1-3H3,(H,21,22)/b20-14-. The molecule has 0 saturated heterocycles. The Morgan fingerprint density at radius 3 is 2.50 bits per heavy atom. The molecule has 0 aliphatic heterocycles. The summed E-state index contributed by atoms with van der Waals surface area (Å²) in [5.74, 6) is -0.123. The van der Waals surface area contributed by atoms with E-state index in [1.54, 1.807) is 12.1 Å². The van der Waals surface area contributed by atoms with Gasteiger partial charge < -0.3 is 0 Å². The van der Waals surface area contributed by atoms with Crippen molar-refractivity contribution in [2.75, 3.05) is 0 Å². The Hall–Kier alpha value is -2.13. The van der Waals surface area contributed by atoms with Crippen LogP contribution < -0.4 is 5.43 Å². The third kappa shape index (κ3) is 4.43. The average molecular weight is 315 g/mol. The molecule has 2 aromatic rings. The Morgan fingerprint density at radius 2 is 1.82 bits per heavy atom. The van der Waals surface area contributed by atoms with Crippen LogP contribution in [-0.4, -0.2) is 11.6 Å². The van der Waals surface area contributed by atoms with E-state index in [4.69, 9.17) is 11.6 Å². The van der Waals surface area contributed by atoms with E-state index in [2.05, 4.69) is 10.5 Å². The fourth-order valence-corrected chi connectivity index (χ4v) is 2.23. The van der Waals surface area contributed by atoms with Gasteiger partial charge in [-0.25, -0.2) is 5.43 Å². The molecule has 0 heterocycles. The van der Waals surface area contributed by atoms with Crippen LogP contribution in [0.4, 0.5) is 0 Å². The number of nitrogens with one attached hydrogen (secondary N) is 1. The van der Waals surface area contributed by atoms with Crippen molar-refractivity contribution in [2.24, 2.45) is 5.10 Å². The maximum Gasteiger partial charge on any atom is 0.244 e. The minimum absolute atomic E-state index is 0.123. The van der Waals surface area contributed by atoms with Gasteiger partial charge in [0, 0.05) is 5.02 Å². The Morgan fingerprint density at radius 1 is 1.14 bits per heavy atom. The van der Waals surface area contributed by atoms with E-state index in [0.717, 1.165) is 28.0 Å². The molecule has 0 radical (unpaired) electrons. The number of rotatable bonds is 4. The third-order valence-electron chi connectivity index (χ3n) is 3.47. The van der Waals surface area contributed by atoms with Gasteiger partial charge in [0.15, 0.2) is 0 Å². The Balaban J connectivity index is 2.01. The van der Waals surface area contributed by atoms with Crippen LogP contribution >= 0.6 is 11.6 Å². The zero-order valence-electron chi connectivity index (χ0n) is 13.0.